The lowest BCUT2D eigenvalue weighted by Gasteiger charge is -2.37. The van der Waals surface area contributed by atoms with Gasteiger partial charge in [-0.25, -0.2) is 0 Å². The van der Waals surface area contributed by atoms with Crippen LogP contribution in [0.2, 0.25) is 0 Å². The predicted molar refractivity (Wildman–Crippen MR) is 84.6 cm³/mol. The lowest BCUT2D eigenvalue weighted by atomic mass is 9.68. The van der Waals surface area contributed by atoms with Gasteiger partial charge in [0.05, 0.1) is 0 Å². The lowest BCUT2D eigenvalue weighted by Crippen LogP contribution is -2.25. The molecule has 122 valence electrons. The smallest absolute Gasteiger partial charge is 0.190 e. The fraction of sp³-hybridized carbons (Fsp3) is 0.737. The molecule has 0 N–H and O–H groups in total. The van der Waals surface area contributed by atoms with Crippen molar-refractivity contribution < 1.29 is 8.78 Å². The second-order valence-corrected chi connectivity index (χ2v) is 7.31. The van der Waals surface area contributed by atoms with Crippen molar-refractivity contribution in [2.24, 2.45) is 17.8 Å². The van der Waals surface area contributed by atoms with Crippen molar-refractivity contribution in [3.05, 3.63) is 29.6 Å². The van der Waals surface area contributed by atoms with Crippen LogP contribution in [0.3, 0.4) is 0 Å². The van der Waals surface area contributed by atoms with Crippen molar-refractivity contribution in [3.8, 4) is 0 Å². The first-order chi connectivity index (χ1) is 10.7. The van der Waals surface area contributed by atoms with Crippen LogP contribution in [-0.2, 0) is 0 Å². The van der Waals surface area contributed by atoms with Crippen LogP contribution in [0.15, 0.2) is 12.1 Å². The Labute approximate surface area is 132 Å². The summed E-state index contributed by atoms with van der Waals surface area (Å²) in [5.41, 5.74) is 0.620. The van der Waals surface area contributed by atoms with Gasteiger partial charge in [0.25, 0.3) is 0 Å². The van der Waals surface area contributed by atoms with Gasteiger partial charge in [0.2, 0.25) is 11.9 Å². The van der Waals surface area contributed by atoms with Gasteiger partial charge >= 0.3 is 0 Å². The Bertz CT molecular complexity index is 486. The molecule has 0 atom stereocenters. The van der Waals surface area contributed by atoms with Crippen LogP contribution in [0.4, 0.5) is 8.78 Å². The molecule has 22 heavy (non-hydrogen) atoms. The Balaban J connectivity index is 1.54. The van der Waals surface area contributed by atoms with E-state index in [1.807, 2.05) is 0 Å². The molecule has 0 aliphatic heterocycles. The summed E-state index contributed by atoms with van der Waals surface area (Å²) in [7, 11) is 0. The Morgan fingerprint density at radius 1 is 0.909 bits per heavy atom. The van der Waals surface area contributed by atoms with Gasteiger partial charge in [-0.15, -0.1) is 0 Å². The van der Waals surface area contributed by atoms with Crippen molar-refractivity contribution >= 4 is 0 Å². The monoisotopic (exact) mass is 307 g/mol. The van der Waals surface area contributed by atoms with Gasteiger partial charge in [-0.05, 0) is 74.3 Å². The zero-order valence-corrected chi connectivity index (χ0v) is 13.5. The highest BCUT2D eigenvalue weighted by molar-refractivity contribution is 5.17. The highest BCUT2D eigenvalue weighted by atomic mass is 19.1. The average Bonchev–Trinajstić information content (AvgIpc) is 2.55. The molecule has 0 unspecified atom stereocenters. The van der Waals surface area contributed by atoms with Crippen LogP contribution in [-0.4, -0.2) is 4.98 Å². The first kappa shape index (κ1) is 15.9. The minimum absolute atomic E-state index is 0.233. The summed E-state index contributed by atoms with van der Waals surface area (Å²) < 4.78 is 26.7. The minimum atomic E-state index is -0.720. The third kappa shape index (κ3) is 3.49. The van der Waals surface area contributed by atoms with Crippen molar-refractivity contribution in [2.75, 3.05) is 0 Å². The van der Waals surface area contributed by atoms with Crippen molar-refractivity contribution in [3.63, 3.8) is 0 Å². The Hall–Kier alpha value is -0.990. The maximum atomic E-state index is 13.8. The molecule has 1 heterocycles. The standard InChI is InChI=1S/C19H27F2N/c1-2-13-3-5-14(6-4-13)15-7-9-16(10-8-15)17-11-12-18(20)22-19(17)21/h11-16H,2-10H2,1H3/t13-,14-,15-,16-. The van der Waals surface area contributed by atoms with Crippen LogP contribution in [0.1, 0.15) is 76.2 Å². The molecule has 0 amide bonds. The van der Waals surface area contributed by atoms with E-state index in [0.29, 0.717) is 5.56 Å². The van der Waals surface area contributed by atoms with Crippen LogP contribution in [0, 0.1) is 29.6 Å². The fourth-order valence-corrected chi connectivity index (χ4v) is 4.70. The van der Waals surface area contributed by atoms with Gasteiger partial charge in [0, 0.05) is 5.56 Å². The molecular weight excluding hydrogens is 280 g/mol. The summed E-state index contributed by atoms with van der Waals surface area (Å²) in [5.74, 6) is 1.57. The molecule has 2 aliphatic carbocycles. The SMILES string of the molecule is CC[C@H]1CC[C@H]([C@H]2CC[C@H](c3ccc(F)nc3F)CC2)CC1. The molecule has 0 saturated heterocycles. The quantitative estimate of drug-likeness (QED) is 0.638. The highest BCUT2D eigenvalue weighted by Crippen LogP contribution is 2.44. The average molecular weight is 307 g/mol. The van der Waals surface area contributed by atoms with E-state index in [1.165, 1.54) is 51.0 Å². The van der Waals surface area contributed by atoms with Crippen molar-refractivity contribution in [1.82, 2.24) is 4.98 Å². The third-order valence-corrected chi connectivity index (χ3v) is 6.19. The Morgan fingerprint density at radius 2 is 1.50 bits per heavy atom. The van der Waals surface area contributed by atoms with E-state index in [9.17, 15) is 8.78 Å². The predicted octanol–water partition coefficient (Wildman–Crippen LogP) is 5.85. The number of pyridine rings is 1. The van der Waals surface area contributed by atoms with E-state index in [-0.39, 0.29) is 5.92 Å². The van der Waals surface area contributed by atoms with Gasteiger partial charge < -0.3 is 0 Å². The summed E-state index contributed by atoms with van der Waals surface area (Å²) >= 11 is 0. The molecule has 1 nitrogen and oxygen atoms in total. The van der Waals surface area contributed by atoms with Crippen molar-refractivity contribution in [2.45, 2.75) is 70.6 Å². The van der Waals surface area contributed by atoms with Gasteiger partial charge in [-0.2, -0.15) is 13.8 Å². The van der Waals surface area contributed by atoms with Gasteiger partial charge in [0.1, 0.15) is 0 Å². The zero-order valence-electron chi connectivity index (χ0n) is 13.5. The summed E-state index contributed by atoms with van der Waals surface area (Å²) in [6.07, 6.45) is 11.4. The van der Waals surface area contributed by atoms with Gasteiger partial charge in [-0.3, -0.25) is 0 Å². The molecule has 0 aromatic carbocycles. The van der Waals surface area contributed by atoms with E-state index < -0.39 is 11.9 Å². The minimum Gasteiger partial charge on any atom is -0.190 e. The molecule has 3 rings (SSSR count). The lowest BCUT2D eigenvalue weighted by molar-refractivity contribution is 0.158. The molecule has 2 aliphatic rings. The maximum absolute atomic E-state index is 13.8. The number of nitrogens with zero attached hydrogens (tertiary/aromatic N) is 1. The Kier molecular flexibility index (Phi) is 5.10. The highest BCUT2D eigenvalue weighted by Gasteiger charge is 2.31. The maximum Gasteiger partial charge on any atom is 0.218 e. The van der Waals surface area contributed by atoms with E-state index in [1.54, 1.807) is 6.07 Å². The molecule has 0 radical (unpaired) electrons. The van der Waals surface area contributed by atoms with E-state index in [2.05, 4.69) is 11.9 Å². The second kappa shape index (κ2) is 7.06. The molecule has 2 saturated carbocycles. The summed E-state index contributed by atoms with van der Waals surface area (Å²) in [6.45, 7) is 2.31. The van der Waals surface area contributed by atoms with E-state index in [0.717, 1.165) is 30.6 Å². The molecule has 0 bridgehead atoms. The Morgan fingerprint density at radius 3 is 2.05 bits per heavy atom. The molecule has 1 aromatic heterocycles. The van der Waals surface area contributed by atoms with Gasteiger partial charge in [0.15, 0.2) is 0 Å². The first-order valence-electron chi connectivity index (χ1n) is 8.99. The second-order valence-electron chi connectivity index (χ2n) is 7.31. The topological polar surface area (TPSA) is 12.9 Å². The van der Waals surface area contributed by atoms with Crippen LogP contribution in [0.5, 0.6) is 0 Å². The molecule has 0 spiro atoms. The summed E-state index contributed by atoms with van der Waals surface area (Å²) in [4.78, 5) is 3.34. The van der Waals surface area contributed by atoms with Gasteiger partial charge in [-0.1, -0.05) is 26.2 Å². The van der Waals surface area contributed by atoms with Crippen LogP contribution in [0.25, 0.3) is 0 Å². The first-order valence-corrected chi connectivity index (χ1v) is 8.99. The summed E-state index contributed by atoms with van der Waals surface area (Å²) in [6, 6.07) is 2.88. The number of hydrogen-bond acceptors (Lipinski definition) is 1. The number of aromatic nitrogens is 1. The molecule has 2 fully saturated rings. The third-order valence-electron chi connectivity index (χ3n) is 6.19. The van der Waals surface area contributed by atoms with Crippen LogP contribution >= 0.6 is 0 Å². The number of hydrogen-bond donors (Lipinski definition) is 0. The van der Waals surface area contributed by atoms with Crippen molar-refractivity contribution in [1.29, 1.82) is 0 Å². The largest absolute Gasteiger partial charge is 0.218 e. The zero-order chi connectivity index (χ0) is 15.5. The number of rotatable bonds is 3. The summed E-state index contributed by atoms with van der Waals surface area (Å²) in [5, 5.41) is 0. The molecule has 3 heteroatoms. The van der Waals surface area contributed by atoms with Crippen LogP contribution < -0.4 is 0 Å². The fourth-order valence-electron chi connectivity index (χ4n) is 4.70. The normalized spacial score (nSPS) is 32.9. The molecular formula is C19H27F2N. The van der Waals surface area contributed by atoms with E-state index in [4.69, 9.17) is 0 Å². The molecule has 1 aromatic rings. The number of halogens is 2. The van der Waals surface area contributed by atoms with E-state index >= 15 is 0 Å².